The topological polar surface area (TPSA) is 52.6 Å². The Morgan fingerprint density at radius 1 is 0.382 bits per heavy atom. The minimum absolute atomic E-state index is 0.0247. The molecule has 8 aliphatic carbocycles. The molecule has 0 unspecified atom stereocenters. The third-order valence-electron chi connectivity index (χ3n) is 14.9. The number of esters is 2. The lowest BCUT2D eigenvalue weighted by molar-refractivity contribution is -0.397. The molecule has 8 aliphatic rings. The first kappa shape index (κ1) is 55.7. The fraction of sp³-hybridized carbons (Fsp3) is 0.850. The fourth-order valence-electron chi connectivity index (χ4n) is 11.7. The molecule has 28 heteroatoms. The zero-order chi connectivity index (χ0) is 52.2. The highest BCUT2D eigenvalue weighted by Gasteiger charge is 2.83. The van der Waals surface area contributed by atoms with Gasteiger partial charge in [-0.15, -0.1) is 0 Å². The second-order valence-electron chi connectivity index (χ2n) is 19.0. The Labute approximate surface area is 369 Å². The van der Waals surface area contributed by atoms with Gasteiger partial charge in [-0.25, -0.2) is 9.59 Å². The van der Waals surface area contributed by atoms with Crippen LogP contribution in [0.4, 0.5) is 105 Å². The van der Waals surface area contributed by atoms with Gasteiger partial charge in [0.25, 0.3) is 0 Å². The summed E-state index contributed by atoms with van der Waals surface area (Å²) in [7, 11) is 0. The fourth-order valence-corrected chi connectivity index (χ4v) is 11.7. The molecule has 0 heterocycles. The van der Waals surface area contributed by atoms with Crippen LogP contribution in [0.2, 0.25) is 0 Å². The lowest BCUT2D eigenvalue weighted by Gasteiger charge is -2.60. The van der Waals surface area contributed by atoms with Crippen LogP contribution in [-0.4, -0.2) is 83.4 Å². The van der Waals surface area contributed by atoms with Crippen molar-refractivity contribution in [2.24, 2.45) is 47.3 Å². The van der Waals surface area contributed by atoms with E-state index in [2.05, 4.69) is 13.2 Å². The molecule has 0 aliphatic heterocycles. The van der Waals surface area contributed by atoms with Gasteiger partial charge >= 0.3 is 72.2 Å². The van der Waals surface area contributed by atoms with Gasteiger partial charge in [0, 0.05) is 12.8 Å². The summed E-state index contributed by atoms with van der Waals surface area (Å²) in [6, 6.07) is 0. The van der Waals surface area contributed by atoms with Gasteiger partial charge in [-0.1, -0.05) is 13.2 Å². The highest BCUT2D eigenvalue weighted by atomic mass is 19.4. The molecule has 392 valence electrons. The van der Waals surface area contributed by atoms with Crippen molar-refractivity contribution in [1.82, 2.24) is 0 Å². The van der Waals surface area contributed by atoms with Crippen LogP contribution in [0.5, 0.6) is 0 Å². The molecule has 4 nitrogen and oxygen atoms in total. The maximum atomic E-state index is 14.2. The molecule has 8 saturated carbocycles. The third-order valence-corrected chi connectivity index (χ3v) is 14.9. The monoisotopic (exact) mass is 1040 g/mol. The molecule has 0 saturated heterocycles. The summed E-state index contributed by atoms with van der Waals surface area (Å²) in [5.41, 5.74) is -8.26. The van der Waals surface area contributed by atoms with Crippen LogP contribution in [0.15, 0.2) is 24.3 Å². The summed E-state index contributed by atoms with van der Waals surface area (Å²) < 4.78 is 327. The van der Waals surface area contributed by atoms with Gasteiger partial charge in [-0.2, -0.15) is 105 Å². The lowest BCUT2D eigenvalue weighted by Crippen LogP contribution is -2.63. The van der Waals surface area contributed by atoms with E-state index in [0.717, 1.165) is 12.8 Å². The van der Waals surface area contributed by atoms with Crippen molar-refractivity contribution in [3.63, 3.8) is 0 Å². The first-order valence-corrected chi connectivity index (χ1v) is 20.7. The lowest BCUT2D eigenvalue weighted by atomic mass is 9.49. The summed E-state index contributed by atoms with van der Waals surface area (Å²) in [4.78, 5) is 24.3. The van der Waals surface area contributed by atoms with E-state index in [-0.39, 0.29) is 75.0 Å². The maximum absolute atomic E-state index is 14.2. The zero-order valence-corrected chi connectivity index (χ0v) is 34.6. The quantitative estimate of drug-likeness (QED) is 0.0988. The van der Waals surface area contributed by atoms with Crippen molar-refractivity contribution in [2.75, 3.05) is 0 Å². The number of carbonyl (C=O) groups is 2. The normalized spacial score (nSPS) is 32.1. The average Bonchev–Trinajstić information content (AvgIpc) is 3.17. The van der Waals surface area contributed by atoms with Gasteiger partial charge in [-0.05, 0) is 124 Å². The van der Waals surface area contributed by atoms with E-state index in [1.165, 1.54) is 0 Å². The number of carbonyl (C=O) groups excluding carboxylic acids is 2. The second kappa shape index (κ2) is 17.2. The third kappa shape index (κ3) is 9.49. The Morgan fingerprint density at radius 3 is 0.794 bits per heavy atom. The summed E-state index contributed by atoms with van der Waals surface area (Å²) >= 11 is 0. The molecule has 0 aromatic carbocycles. The smallest absolute Gasteiger partial charge is 0.455 e. The van der Waals surface area contributed by atoms with Crippen molar-refractivity contribution in [1.29, 1.82) is 0 Å². The average molecular weight is 1040 g/mol. The molecule has 0 aromatic rings. The maximum Gasteiger partial charge on any atom is 0.460 e. The molecule has 0 N–H and O–H groups in total. The number of alkyl halides is 24. The minimum atomic E-state index is -7.08. The van der Waals surface area contributed by atoms with E-state index in [4.69, 9.17) is 9.47 Å². The molecule has 8 bridgehead atoms. The Bertz CT molecular complexity index is 1730. The Morgan fingerprint density at radius 2 is 0.603 bits per heavy atom. The van der Waals surface area contributed by atoms with E-state index in [0.29, 0.717) is 0 Å². The number of rotatable bonds is 14. The van der Waals surface area contributed by atoms with Gasteiger partial charge < -0.3 is 9.47 Å². The van der Waals surface area contributed by atoms with E-state index in [1.54, 1.807) is 0 Å². The van der Waals surface area contributed by atoms with E-state index in [1.807, 2.05) is 0 Å². The van der Waals surface area contributed by atoms with Gasteiger partial charge in [0.15, 0.2) is 0 Å². The molecular formula is C40H40F24O4. The van der Waals surface area contributed by atoms with Crippen molar-refractivity contribution < 1.29 is 124 Å². The van der Waals surface area contributed by atoms with Crippen LogP contribution < -0.4 is 0 Å². The van der Waals surface area contributed by atoms with Gasteiger partial charge in [0.2, 0.25) is 0 Å². The number of halogens is 24. The predicted octanol–water partition coefficient (Wildman–Crippen LogP) is 14.2. The largest absolute Gasteiger partial charge is 0.460 e. The first-order valence-electron chi connectivity index (χ1n) is 20.7. The SMILES string of the molecule is C=C(C(=O)OC1(CCC(F)(F)C(F)(F)C(F)(F)C(F)(F)F)C2CC3CC(C2)CC1C3)C(F)(F)F.C=C(C(=O)OC1(CCC(F)(F)C(F)(F)C(F)(F)C(F)(F)F)C2CC3CC(C2)CC1C3)C(F)(F)F. The van der Waals surface area contributed by atoms with Crippen molar-refractivity contribution in [3.05, 3.63) is 24.3 Å². The standard InChI is InChI=1S/2C20H20F12O2/c2*1-9(17(23,24)25)14(33)34-15(12-5-10-4-11(7-12)8-13(15)6-10)2-3-16(21,22)18(26,27)19(28,29)20(30,31)32/h2*10-13H,1-8H2. The summed E-state index contributed by atoms with van der Waals surface area (Å²) in [6.07, 6.45) is -28.5. The first-order chi connectivity index (χ1) is 30.3. The highest BCUT2D eigenvalue weighted by Crippen LogP contribution is 2.65. The Hall–Kier alpha value is -3.26. The second-order valence-corrected chi connectivity index (χ2v) is 19.0. The molecule has 0 aromatic heterocycles. The van der Waals surface area contributed by atoms with Crippen molar-refractivity contribution in [3.8, 4) is 0 Å². The van der Waals surface area contributed by atoms with Crippen LogP contribution in [-0.2, 0) is 19.1 Å². The van der Waals surface area contributed by atoms with Gasteiger partial charge in [0.05, 0.1) is 0 Å². The number of ether oxygens (including phenoxy) is 2. The van der Waals surface area contributed by atoms with Crippen LogP contribution in [0.25, 0.3) is 0 Å². The van der Waals surface area contributed by atoms with E-state index in [9.17, 15) is 115 Å². The Kier molecular flexibility index (Phi) is 14.1. The van der Waals surface area contributed by atoms with Gasteiger partial charge in [0.1, 0.15) is 22.3 Å². The van der Waals surface area contributed by atoms with Crippen LogP contribution in [0.3, 0.4) is 0 Å². The van der Waals surface area contributed by atoms with Gasteiger partial charge in [-0.3, -0.25) is 0 Å². The van der Waals surface area contributed by atoms with Crippen LogP contribution >= 0.6 is 0 Å². The molecule has 8 fully saturated rings. The molecule has 68 heavy (non-hydrogen) atoms. The Balaban J connectivity index is 0.000000254. The van der Waals surface area contributed by atoms with E-state index >= 15 is 0 Å². The minimum Gasteiger partial charge on any atom is -0.455 e. The molecule has 0 radical (unpaired) electrons. The van der Waals surface area contributed by atoms with Crippen molar-refractivity contribution >= 4 is 11.9 Å². The van der Waals surface area contributed by atoms with Crippen LogP contribution in [0, 0.1) is 47.3 Å². The molecule has 0 atom stereocenters. The molecular weight excluding hydrogens is 1000 g/mol. The number of hydrogen-bond acceptors (Lipinski definition) is 4. The molecule has 8 rings (SSSR count). The summed E-state index contributed by atoms with van der Waals surface area (Å²) in [6.45, 7) is 5.11. The van der Waals surface area contributed by atoms with Crippen LogP contribution in [0.1, 0.15) is 89.9 Å². The molecule has 0 spiro atoms. The van der Waals surface area contributed by atoms with E-state index < -0.39 is 144 Å². The molecule has 0 amide bonds. The summed E-state index contributed by atoms with van der Waals surface area (Å²) in [5.74, 6) is -47.0. The highest BCUT2D eigenvalue weighted by molar-refractivity contribution is 5.90. The summed E-state index contributed by atoms with van der Waals surface area (Å²) in [5, 5.41) is 0. The zero-order valence-electron chi connectivity index (χ0n) is 34.6. The van der Waals surface area contributed by atoms with Crippen molar-refractivity contribution in [2.45, 2.75) is 161 Å². The predicted molar refractivity (Wildman–Crippen MR) is 182 cm³/mol. The number of hydrogen-bond donors (Lipinski definition) is 0.